The molecular formula is C20H23N3OS. The van der Waals surface area contributed by atoms with Gasteiger partial charge in [-0.25, -0.2) is 0 Å². The van der Waals surface area contributed by atoms with Crippen LogP contribution in [0.15, 0.2) is 53.4 Å². The predicted octanol–water partition coefficient (Wildman–Crippen LogP) is 4.09. The highest BCUT2D eigenvalue weighted by molar-refractivity contribution is 7.08. The van der Waals surface area contributed by atoms with Crippen molar-refractivity contribution >= 4 is 17.2 Å². The summed E-state index contributed by atoms with van der Waals surface area (Å²) in [5, 5.41) is 11.6. The number of thiophene rings is 1. The van der Waals surface area contributed by atoms with Crippen molar-refractivity contribution in [2.45, 2.75) is 32.7 Å². The van der Waals surface area contributed by atoms with E-state index in [-0.39, 0.29) is 5.91 Å². The lowest BCUT2D eigenvalue weighted by atomic mass is 10.0. The molecule has 0 aliphatic rings. The van der Waals surface area contributed by atoms with Crippen molar-refractivity contribution in [1.82, 2.24) is 15.1 Å². The Balaban J connectivity index is 1.45. The van der Waals surface area contributed by atoms with Crippen LogP contribution >= 0.6 is 11.3 Å². The summed E-state index contributed by atoms with van der Waals surface area (Å²) in [7, 11) is 0. The molecule has 0 radical (unpaired) electrons. The van der Waals surface area contributed by atoms with Gasteiger partial charge in [0.2, 0.25) is 5.91 Å². The van der Waals surface area contributed by atoms with Gasteiger partial charge < -0.3 is 5.32 Å². The first-order valence-electron chi connectivity index (χ1n) is 8.53. The minimum atomic E-state index is 0.0440. The van der Waals surface area contributed by atoms with E-state index in [1.165, 1.54) is 5.56 Å². The van der Waals surface area contributed by atoms with Gasteiger partial charge in [0.05, 0.1) is 18.7 Å². The van der Waals surface area contributed by atoms with E-state index >= 15 is 0 Å². The normalized spacial score (nSPS) is 11.0. The zero-order valence-electron chi connectivity index (χ0n) is 14.6. The Labute approximate surface area is 152 Å². The summed E-state index contributed by atoms with van der Waals surface area (Å²) in [6.07, 6.45) is 2.36. The van der Waals surface area contributed by atoms with Crippen LogP contribution in [0.1, 0.15) is 30.9 Å². The summed E-state index contributed by atoms with van der Waals surface area (Å²) in [6.45, 7) is 5.58. The number of hydrogen-bond acceptors (Lipinski definition) is 3. The van der Waals surface area contributed by atoms with Crippen LogP contribution in [0.2, 0.25) is 0 Å². The minimum Gasteiger partial charge on any atom is -0.354 e. The smallest absolute Gasteiger partial charge is 0.224 e. The summed E-state index contributed by atoms with van der Waals surface area (Å²) >= 11 is 1.66. The van der Waals surface area contributed by atoms with E-state index < -0.39 is 0 Å². The first-order valence-corrected chi connectivity index (χ1v) is 9.47. The van der Waals surface area contributed by atoms with Crippen LogP contribution in [0.4, 0.5) is 0 Å². The molecule has 3 aromatic rings. The number of carbonyl (C=O) groups excluding carboxylic acids is 1. The quantitative estimate of drug-likeness (QED) is 0.695. The van der Waals surface area contributed by atoms with Gasteiger partial charge in [0, 0.05) is 23.7 Å². The lowest BCUT2D eigenvalue weighted by Gasteiger charge is -2.08. The fourth-order valence-corrected chi connectivity index (χ4v) is 3.28. The van der Waals surface area contributed by atoms with Crippen molar-refractivity contribution in [3.63, 3.8) is 0 Å². The molecular weight excluding hydrogens is 330 g/mol. The van der Waals surface area contributed by atoms with Crippen LogP contribution in [0, 0.1) is 0 Å². The van der Waals surface area contributed by atoms with Crippen LogP contribution in [0.25, 0.3) is 11.3 Å². The van der Waals surface area contributed by atoms with Gasteiger partial charge in [-0.3, -0.25) is 9.48 Å². The van der Waals surface area contributed by atoms with Gasteiger partial charge in [0.25, 0.3) is 0 Å². The Morgan fingerprint density at radius 3 is 2.68 bits per heavy atom. The van der Waals surface area contributed by atoms with E-state index in [1.807, 2.05) is 34.5 Å². The Morgan fingerprint density at radius 2 is 2.00 bits per heavy atom. The second kappa shape index (κ2) is 8.12. The zero-order valence-corrected chi connectivity index (χ0v) is 15.4. The van der Waals surface area contributed by atoms with E-state index in [0.29, 0.717) is 25.4 Å². The number of amides is 1. The molecule has 4 nitrogen and oxygen atoms in total. The van der Waals surface area contributed by atoms with Crippen molar-refractivity contribution in [1.29, 1.82) is 0 Å². The van der Waals surface area contributed by atoms with Crippen molar-refractivity contribution < 1.29 is 4.79 Å². The molecule has 2 heterocycles. The Hall–Kier alpha value is -2.40. The third-order valence-electron chi connectivity index (χ3n) is 4.13. The maximum Gasteiger partial charge on any atom is 0.224 e. The zero-order chi connectivity index (χ0) is 17.6. The Morgan fingerprint density at radius 1 is 1.20 bits per heavy atom. The largest absolute Gasteiger partial charge is 0.354 e. The maximum atomic E-state index is 12.1. The molecule has 1 aromatic carbocycles. The van der Waals surface area contributed by atoms with E-state index in [0.717, 1.165) is 16.8 Å². The van der Waals surface area contributed by atoms with E-state index in [1.54, 1.807) is 11.3 Å². The predicted molar refractivity (Wildman–Crippen MR) is 103 cm³/mol. The summed E-state index contributed by atoms with van der Waals surface area (Å²) in [4.78, 5) is 12.1. The summed E-state index contributed by atoms with van der Waals surface area (Å²) in [5.74, 6) is 0.554. The molecule has 0 saturated heterocycles. The van der Waals surface area contributed by atoms with Crippen LogP contribution in [0.5, 0.6) is 0 Å². The van der Waals surface area contributed by atoms with Crippen LogP contribution in [-0.4, -0.2) is 22.2 Å². The highest BCUT2D eigenvalue weighted by Crippen LogP contribution is 2.19. The maximum absolute atomic E-state index is 12.1. The Kier molecular flexibility index (Phi) is 5.66. The standard InChI is InChI=1S/C20H23N3OS/c1-15(2)17-5-3-16(4-6-17)13-20(24)21-9-11-23-10-7-19(22-23)18-8-12-25-14-18/h3-8,10,12,14-15H,9,11,13H2,1-2H3,(H,21,24). The number of aromatic nitrogens is 2. The Bertz CT molecular complexity index is 804. The average Bonchev–Trinajstić information content (AvgIpc) is 3.26. The van der Waals surface area contributed by atoms with Gasteiger partial charge in [0.15, 0.2) is 0 Å². The fourth-order valence-electron chi connectivity index (χ4n) is 2.63. The molecule has 3 rings (SSSR count). The average molecular weight is 353 g/mol. The first-order chi connectivity index (χ1) is 12.1. The lowest BCUT2D eigenvalue weighted by molar-refractivity contribution is -0.120. The van der Waals surface area contributed by atoms with Crippen molar-refractivity contribution in [2.24, 2.45) is 0 Å². The molecule has 25 heavy (non-hydrogen) atoms. The molecule has 0 fully saturated rings. The third-order valence-corrected chi connectivity index (χ3v) is 4.81. The summed E-state index contributed by atoms with van der Waals surface area (Å²) in [6, 6.07) is 12.3. The van der Waals surface area contributed by atoms with Crippen LogP contribution in [-0.2, 0) is 17.8 Å². The number of benzene rings is 1. The number of nitrogens with zero attached hydrogens (tertiary/aromatic N) is 2. The molecule has 0 unspecified atom stereocenters. The molecule has 1 amide bonds. The number of nitrogens with one attached hydrogen (secondary N) is 1. The number of rotatable bonds is 7. The van der Waals surface area contributed by atoms with E-state index in [9.17, 15) is 4.79 Å². The van der Waals surface area contributed by atoms with Crippen molar-refractivity contribution in [3.8, 4) is 11.3 Å². The number of hydrogen-bond donors (Lipinski definition) is 1. The van der Waals surface area contributed by atoms with Gasteiger partial charge >= 0.3 is 0 Å². The molecule has 0 aliphatic heterocycles. The van der Waals surface area contributed by atoms with E-state index in [4.69, 9.17) is 0 Å². The van der Waals surface area contributed by atoms with Crippen molar-refractivity contribution in [2.75, 3.05) is 6.54 Å². The first kappa shape index (κ1) is 17.4. The molecule has 5 heteroatoms. The highest BCUT2D eigenvalue weighted by Gasteiger charge is 2.06. The van der Waals surface area contributed by atoms with Crippen LogP contribution < -0.4 is 5.32 Å². The fraction of sp³-hybridized carbons (Fsp3) is 0.300. The molecule has 2 aromatic heterocycles. The molecule has 130 valence electrons. The van der Waals surface area contributed by atoms with E-state index in [2.05, 4.69) is 47.8 Å². The second-order valence-corrected chi connectivity index (χ2v) is 7.18. The molecule has 0 aliphatic carbocycles. The monoisotopic (exact) mass is 353 g/mol. The van der Waals surface area contributed by atoms with Gasteiger partial charge in [0.1, 0.15) is 0 Å². The van der Waals surface area contributed by atoms with Crippen molar-refractivity contribution in [3.05, 3.63) is 64.5 Å². The van der Waals surface area contributed by atoms with Crippen LogP contribution in [0.3, 0.4) is 0 Å². The van der Waals surface area contributed by atoms with Gasteiger partial charge in [-0.1, -0.05) is 38.1 Å². The van der Waals surface area contributed by atoms with Gasteiger partial charge in [-0.15, -0.1) is 0 Å². The molecule has 0 bridgehead atoms. The minimum absolute atomic E-state index is 0.0440. The van der Waals surface area contributed by atoms with Gasteiger partial charge in [-0.2, -0.15) is 16.4 Å². The second-order valence-electron chi connectivity index (χ2n) is 6.40. The topological polar surface area (TPSA) is 46.9 Å². The lowest BCUT2D eigenvalue weighted by Crippen LogP contribution is -2.28. The highest BCUT2D eigenvalue weighted by atomic mass is 32.1. The molecule has 0 saturated carbocycles. The SMILES string of the molecule is CC(C)c1ccc(CC(=O)NCCn2ccc(-c3ccsc3)n2)cc1. The van der Waals surface area contributed by atoms with Gasteiger partial charge in [-0.05, 0) is 34.6 Å². The summed E-state index contributed by atoms with van der Waals surface area (Å²) < 4.78 is 1.87. The summed E-state index contributed by atoms with van der Waals surface area (Å²) in [5.41, 5.74) is 4.44. The molecule has 0 atom stereocenters. The number of carbonyl (C=O) groups is 1. The molecule has 0 spiro atoms. The third kappa shape index (κ3) is 4.79. The molecule has 1 N–H and O–H groups in total.